The SMILES string of the molecule is Cc1ccc(S(=O)(=O)NCC(C)(C)O)cc1-c1cnc(N)c(-c2ccc[nH]2)c1. The number of aryl methyl sites for hydroxylation is 1. The van der Waals surface area contributed by atoms with Crippen LogP contribution in [0.2, 0.25) is 0 Å². The third kappa shape index (κ3) is 4.41. The average Bonchev–Trinajstić information content (AvgIpc) is 3.15. The Hall–Kier alpha value is -2.68. The van der Waals surface area contributed by atoms with Gasteiger partial charge in [0.15, 0.2) is 0 Å². The van der Waals surface area contributed by atoms with Crippen LogP contribution in [0.15, 0.2) is 53.7 Å². The van der Waals surface area contributed by atoms with Crippen LogP contribution in [-0.4, -0.2) is 35.6 Å². The highest BCUT2D eigenvalue weighted by Gasteiger charge is 2.21. The normalized spacial score (nSPS) is 12.3. The summed E-state index contributed by atoms with van der Waals surface area (Å²) >= 11 is 0. The molecule has 0 aliphatic carbocycles. The Labute approximate surface area is 164 Å². The minimum atomic E-state index is -3.76. The predicted octanol–water partition coefficient (Wildman–Crippen LogP) is 2.68. The third-order valence-electron chi connectivity index (χ3n) is 4.33. The topological polar surface area (TPSA) is 121 Å². The van der Waals surface area contributed by atoms with Crippen LogP contribution in [0.25, 0.3) is 22.4 Å². The van der Waals surface area contributed by atoms with Crippen molar-refractivity contribution in [3.63, 3.8) is 0 Å². The van der Waals surface area contributed by atoms with Crippen molar-refractivity contribution in [3.8, 4) is 22.4 Å². The van der Waals surface area contributed by atoms with Crippen LogP contribution in [0.5, 0.6) is 0 Å². The number of nitrogens with one attached hydrogen (secondary N) is 2. The summed E-state index contributed by atoms with van der Waals surface area (Å²) in [7, 11) is -3.76. The molecule has 3 rings (SSSR count). The van der Waals surface area contributed by atoms with E-state index in [1.54, 1.807) is 30.6 Å². The van der Waals surface area contributed by atoms with E-state index in [0.29, 0.717) is 5.82 Å². The van der Waals surface area contributed by atoms with Crippen LogP contribution in [0.3, 0.4) is 0 Å². The van der Waals surface area contributed by atoms with Crippen molar-refractivity contribution in [1.29, 1.82) is 0 Å². The first kappa shape index (κ1) is 20.1. The Kier molecular flexibility index (Phi) is 5.29. The number of rotatable bonds is 6. The summed E-state index contributed by atoms with van der Waals surface area (Å²) in [4.78, 5) is 7.50. The Morgan fingerprint density at radius 1 is 1.21 bits per heavy atom. The van der Waals surface area contributed by atoms with Gasteiger partial charge in [-0.05, 0) is 62.2 Å². The van der Waals surface area contributed by atoms with E-state index in [2.05, 4.69) is 14.7 Å². The Morgan fingerprint density at radius 2 is 1.96 bits per heavy atom. The minimum absolute atomic E-state index is 0.0844. The molecule has 2 aromatic heterocycles. The summed E-state index contributed by atoms with van der Waals surface area (Å²) in [6.07, 6.45) is 3.43. The number of hydrogen-bond acceptors (Lipinski definition) is 5. The molecule has 0 saturated heterocycles. The van der Waals surface area contributed by atoms with E-state index in [-0.39, 0.29) is 11.4 Å². The second kappa shape index (κ2) is 7.38. The highest BCUT2D eigenvalue weighted by atomic mass is 32.2. The molecule has 28 heavy (non-hydrogen) atoms. The number of nitrogens with two attached hydrogens (primary N) is 1. The number of aromatic nitrogens is 2. The molecule has 0 aliphatic rings. The monoisotopic (exact) mass is 400 g/mol. The molecule has 0 bridgehead atoms. The lowest BCUT2D eigenvalue weighted by Crippen LogP contribution is -2.38. The molecule has 0 unspecified atom stereocenters. The Morgan fingerprint density at radius 3 is 2.61 bits per heavy atom. The van der Waals surface area contributed by atoms with Crippen LogP contribution >= 0.6 is 0 Å². The first-order valence-corrected chi connectivity index (χ1v) is 10.3. The minimum Gasteiger partial charge on any atom is -0.389 e. The van der Waals surface area contributed by atoms with E-state index in [1.807, 2.05) is 25.1 Å². The summed E-state index contributed by atoms with van der Waals surface area (Å²) in [6.45, 7) is 4.90. The summed E-state index contributed by atoms with van der Waals surface area (Å²) in [5.41, 5.74) is 8.86. The highest BCUT2D eigenvalue weighted by Crippen LogP contribution is 2.31. The molecule has 0 aliphatic heterocycles. The largest absolute Gasteiger partial charge is 0.389 e. The highest BCUT2D eigenvalue weighted by molar-refractivity contribution is 7.89. The fraction of sp³-hybridized carbons (Fsp3) is 0.250. The number of nitrogens with zero attached hydrogens (tertiary/aromatic N) is 1. The number of hydrogen-bond donors (Lipinski definition) is 4. The average molecular weight is 401 g/mol. The fourth-order valence-corrected chi connectivity index (χ4v) is 4.00. The zero-order valence-corrected chi connectivity index (χ0v) is 16.8. The number of anilines is 1. The van der Waals surface area contributed by atoms with Crippen LogP contribution in [-0.2, 0) is 10.0 Å². The molecule has 0 saturated carbocycles. The molecule has 0 fully saturated rings. The van der Waals surface area contributed by atoms with Crippen LogP contribution < -0.4 is 10.5 Å². The number of sulfonamides is 1. The van der Waals surface area contributed by atoms with Gasteiger partial charge in [-0.3, -0.25) is 0 Å². The molecular formula is C20H24N4O3S. The summed E-state index contributed by atoms with van der Waals surface area (Å²) in [5.74, 6) is 0.388. The van der Waals surface area contributed by atoms with Gasteiger partial charge in [0.2, 0.25) is 10.0 Å². The van der Waals surface area contributed by atoms with Crippen molar-refractivity contribution in [3.05, 3.63) is 54.4 Å². The van der Waals surface area contributed by atoms with E-state index in [4.69, 9.17) is 5.73 Å². The first-order valence-electron chi connectivity index (χ1n) is 8.79. The van der Waals surface area contributed by atoms with E-state index >= 15 is 0 Å². The van der Waals surface area contributed by atoms with E-state index < -0.39 is 15.6 Å². The van der Waals surface area contributed by atoms with Crippen LogP contribution in [0, 0.1) is 6.92 Å². The van der Waals surface area contributed by atoms with Crippen molar-refractivity contribution in [2.24, 2.45) is 0 Å². The van der Waals surface area contributed by atoms with Gasteiger partial charge in [-0.2, -0.15) is 0 Å². The molecule has 3 aromatic rings. The zero-order chi connectivity index (χ0) is 20.5. The number of nitrogen functional groups attached to an aromatic ring is 1. The van der Waals surface area contributed by atoms with Gasteiger partial charge in [0, 0.05) is 35.8 Å². The van der Waals surface area contributed by atoms with E-state index in [0.717, 1.165) is 27.9 Å². The number of aliphatic hydroxyl groups is 1. The van der Waals surface area contributed by atoms with Gasteiger partial charge in [0.05, 0.1) is 10.5 Å². The van der Waals surface area contributed by atoms with Crippen molar-refractivity contribution in [2.45, 2.75) is 31.3 Å². The molecule has 7 nitrogen and oxygen atoms in total. The predicted molar refractivity (Wildman–Crippen MR) is 110 cm³/mol. The maximum atomic E-state index is 12.6. The van der Waals surface area contributed by atoms with Gasteiger partial charge < -0.3 is 15.8 Å². The number of benzene rings is 1. The number of aromatic amines is 1. The molecule has 0 atom stereocenters. The Bertz CT molecular complexity index is 1090. The molecule has 2 heterocycles. The Balaban J connectivity index is 2.02. The second-order valence-electron chi connectivity index (χ2n) is 7.35. The van der Waals surface area contributed by atoms with E-state index in [1.165, 1.54) is 13.8 Å². The van der Waals surface area contributed by atoms with Crippen LogP contribution in [0.4, 0.5) is 5.82 Å². The first-order chi connectivity index (χ1) is 13.1. The summed E-state index contributed by atoms with van der Waals surface area (Å²) < 4.78 is 27.7. The number of H-pyrrole nitrogens is 1. The standard InChI is InChI=1S/C20H24N4O3S/c1-13-6-7-15(28(26,27)24-12-20(2,3)25)10-16(13)14-9-17(19(21)23-11-14)18-5-4-8-22-18/h4-11,22,24-25H,12H2,1-3H3,(H2,21,23). The molecule has 8 heteroatoms. The van der Waals surface area contributed by atoms with Gasteiger partial charge in [-0.25, -0.2) is 18.1 Å². The smallest absolute Gasteiger partial charge is 0.240 e. The van der Waals surface area contributed by atoms with Crippen molar-refractivity contribution >= 4 is 15.8 Å². The third-order valence-corrected chi connectivity index (χ3v) is 5.73. The molecular weight excluding hydrogens is 376 g/mol. The van der Waals surface area contributed by atoms with Crippen molar-refractivity contribution < 1.29 is 13.5 Å². The fourth-order valence-electron chi connectivity index (χ4n) is 2.77. The summed E-state index contributed by atoms with van der Waals surface area (Å²) in [6, 6.07) is 10.5. The van der Waals surface area contributed by atoms with Gasteiger partial charge in [-0.15, -0.1) is 0 Å². The molecule has 1 aromatic carbocycles. The van der Waals surface area contributed by atoms with Gasteiger partial charge >= 0.3 is 0 Å². The number of pyridine rings is 1. The quantitative estimate of drug-likeness (QED) is 0.507. The molecule has 0 amide bonds. The molecule has 148 valence electrons. The lowest BCUT2D eigenvalue weighted by molar-refractivity contribution is 0.0857. The van der Waals surface area contributed by atoms with Crippen molar-refractivity contribution in [1.82, 2.24) is 14.7 Å². The lowest BCUT2D eigenvalue weighted by Gasteiger charge is -2.18. The van der Waals surface area contributed by atoms with Gasteiger partial charge in [0.1, 0.15) is 5.82 Å². The maximum absolute atomic E-state index is 12.6. The van der Waals surface area contributed by atoms with Crippen molar-refractivity contribution in [2.75, 3.05) is 12.3 Å². The summed E-state index contributed by atoms with van der Waals surface area (Å²) in [5, 5.41) is 9.80. The zero-order valence-electron chi connectivity index (χ0n) is 16.0. The molecule has 5 N–H and O–H groups in total. The maximum Gasteiger partial charge on any atom is 0.240 e. The van der Waals surface area contributed by atoms with E-state index in [9.17, 15) is 13.5 Å². The molecule has 0 radical (unpaired) electrons. The lowest BCUT2D eigenvalue weighted by atomic mass is 10.00. The van der Waals surface area contributed by atoms with Crippen LogP contribution in [0.1, 0.15) is 19.4 Å². The van der Waals surface area contributed by atoms with Gasteiger partial charge in [-0.1, -0.05) is 6.07 Å². The van der Waals surface area contributed by atoms with Gasteiger partial charge in [0.25, 0.3) is 0 Å². The molecule has 0 spiro atoms. The second-order valence-corrected chi connectivity index (χ2v) is 9.12.